The van der Waals surface area contributed by atoms with Crippen LogP contribution in [0, 0.1) is 5.82 Å². The number of amides is 1. The Labute approximate surface area is 131 Å². The molecule has 0 bridgehead atoms. The molecule has 2 rings (SSSR count). The molecule has 0 spiro atoms. The minimum absolute atomic E-state index is 0.0866. The van der Waals surface area contributed by atoms with E-state index >= 15 is 0 Å². The highest BCUT2D eigenvalue weighted by atomic mass is 35.5. The van der Waals surface area contributed by atoms with Crippen molar-refractivity contribution < 1.29 is 9.18 Å². The molecule has 2 aromatic carbocycles. The Bertz CT molecular complexity index is 649. The maximum atomic E-state index is 13.6. The Morgan fingerprint density at radius 2 is 1.95 bits per heavy atom. The molecule has 0 fully saturated rings. The predicted molar refractivity (Wildman–Crippen MR) is 86.2 cm³/mol. The van der Waals surface area contributed by atoms with Crippen LogP contribution in [0.4, 0.5) is 15.8 Å². The minimum Gasteiger partial charge on any atom is -0.399 e. The Balaban J connectivity index is 2.02. The van der Waals surface area contributed by atoms with Crippen molar-refractivity contribution in [1.82, 2.24) is 0 Å². The van der Waals surface area contributed by atoms with E-state index in [1.807, 2.05) is 12.1 Å². The van der Waals surface area contributed by atoms with Crippen molar-refractivity contribution in [3.05, 3.63) is 53.3 Å². The number of nitrogens with one attached hydrogen (secondary N) is 1. The molecule has 21 heavy (non-hydrogen) atoms. The number of hydrogen-bond donors (Lipinski definition) is 2. The van der Waals surface area contributed by atoms with E-state index < -0.39 is 5.82 Å². The Morgan fingerprint density at radius 3 is 2.62 bits per heavy atom. The van der Waals surface area contributed by atoms with Gasteiger partial charge < -0.3 is 11.1 Å². The van der Waals surface area contributed by atoms with Crippen LogP contribution >= 0.6 is 23.4 Å². The summed E-state index contributed by atoms with van der Waals surface area (Å²) in [5.74, 6) is -0.805. The van der Waals surface area contributed by atoms with Crippen molar-refractivity contribution in [2.75, 3.05) is 11.1 Å². The van der Waals surface area contributed by atoms with E-state index in [1.165, 1.54) is 30.0 Å². The van der Waals surface area contributed by atoms with Gasteiger partial charge in [-0.25, -0.2) is 4.39 Å². The van der Waals surface area contributed by atoms with Gasteiger partial charge in [-0.05, 0) is 49.4 Å². The van der Waals surface area contributed by atoms with Gasteiger partial charge in [0.15, 0.2) is 0 Å². The van der Waals surface area contributed by atoms with Crippen LogP contribution in [0.5, 0.6) is 0 Å². The number of carbonyl (C=O) groups excluding carboxylic acids is 1. The number of anilines is 2. The van der Waals surface area contributed by atoms with E-state index in [9.17, 15) is 9.18 Å². The summed E-state index contributed by atoms with van der Waals surface area (Å²) in [6.07, 6.45) is 0. The Hall–Kier alpha value is -1.72. The molecule has 3 N–H and O–H groups in total. The van der Waals surface area contributed by atoms with Gasteiger partial charge in [0.05, 0.1) is 10.9 Å². The second-order valence-electron chi connectivity index (χ2n) is 4.44. The molecule has 0 heterocycles. The molecule has 1 unspecified atom stereocenters. The van der Waals surface area contributed by atoms with Crippen molar-refractivity contribution >= 4 is 40.6 Å². The summed E-state index contributed by atoms with van der Waals surface area (Å²) >= 11 is 7.17. The van der Waals surface area contributed by atoms with E-state index in [0.29, 0.717) is 10.7 Å². The Kier molecular flexibility index (Phi) is 5.09. The quantitative estimate of drug-likeness (QED) is 0.655. The first-order chi connectivity index (χ1) is 9.95. The normalized spacial score (nSPS) is 12.0. The first-order valence-corrected chi connectivity index (χ1v) is 7.49. The average molecular weight is 325 g/mol. The minimum atomic E-state index is -0.513. The molecule has 1 amide bonds. The van der Waals surface area contributed by atoms with Crippen molar-refractivity contribution in [2.24, 2.45) is 0 Å². The molecule has 0 aromatic heterocycles. The number of halogens is 2. The highest BCUT2D eigenvalue weighted by Crippen LogP contribution is 2.26. The largest absolute Gasteiger partial charge is 0.399 e. The highest BCUT2D eigenvalue weighted by Gasteiger charge is 2.16. The summed E-state index contributed by atoms with van der Waals surface area (Å²) in [4.78, 5) is 13.0. The average Bonchev–Trinajstić information content (AvgIpc) is 2.45. The molecular weight excluding hydrogens is 311 g/mol. The summed E-state index contributed by atoms with van der Waals surface area (Å²) < 4.78 is 13.6. The molecule has 3 nitrogen and oxygen atoms in total. The van der Waals surface area contributed by atoms with Gasteiger partial charge in [0.1, 0.15) is 5.82 Å². The highest BCUT2D eigenvalue weighted by molar-refractivity contribution is 8.00. The van der Waals surface area contributed by atoms with Gasteiger partial charge >= 0.3 is 0 Å². The molecule has 0 aliphatic heterocycles. The first-order valence-electron chi connectivity index (χ1n) is 6.24. The molecule has 1 atom stereocenters. The van der Waals surface area contributed by atoms with Gasteiger partial charge in [0, 0.05) is 15.6 Å². The smallest absolute Gasteiger partial charge is 0.237 e. The molecule has 110 valence electrons. The molecule has 6 heteroatoms. The monoisotopic (exact) mass is 324 g/mol. The van der Waals surface area contributed by atoms with Gasteiger partial charge in [0.2, 0.25) is 5.91 Å². The third-order valence-corrected chi connectivity index (χ3v) is 4.11. The lowest BCUT2D eigenvalue weighted by Crippen LogP contribution is -2.23. The van der Waals surface area contributed by atoms with Gasteiger partial charge in [-0.1, -0.05) is 11.6 Å². The zero-order chi connectivity index (χ0) is 15.4. The molecule has 0 saturated heterocycles. The number of nitrogen functional groups attached to an aromatic ring is 1. The van der Waals surface area contributed by atoms with Crippen molar-refractivity contribution in [3.8, 4) is 0 Å². The number of nitrogens with two attached hydrogens (primary N) is 1. The lowest BCUT2D eigenvalue weighted by atomic mass is 10.2. The van der Waals surface area contributed by atoms with Crippen LogP contribution in [0.1, 0.15) is 6.92 Å². The second-order valence-corrected chi connectivity index (χ2v) is 6.29. The van der Waals surface area contributed by atoms with Crippen molar-refractivity contribution in [1.29, 1.82) is 0 Å². The molecule has 0 saturated carbocycles. The fourth-order valence-electron chi connectivity index (χ4n) is 1.64. The van der Waals surface area contributed by atoms with Crippen LogP contribution in [0.2, 0.25) is 5.02 Å². The third kappa shape index (κ3) is 4.37. The van der Waals surface area contributed by atoms with Crippen LogP contribution in [0.3, 0.4) is 0 Å². The standard InChI is InChI=1S/C15H14ClFN2OS/c1-9(21-12-5-2-10(16)3-6-12)15(20)19-14-8-11(18)4-7-13(14)17/h2-9H,18H2,1H3,(H,19,20). The molecule has 0 aliphatic rings. The number of hydrogen-bond acceptors (Lipinski definition) is 3. The number of benzene rings is 2. The summed E-state index contributed by atoms with van der Waals surface area (Å²) in [5, 5.41) is 2.80. The fourth-order valence-corrected chi connectivity index (χ4v) is 2.64. The fraction of sp³-hybridized carbons (Fsp3) is 0.133. The maximum Gasteiger partial charge on any atom is 0.237 e. The summed E-state index contributed by atoms with van der Waals surface area (Å²) in [6, 6.07) is 11.2. The topological polar surface area (TPSA) is 55.1 Å². The molecular formula is C15H14ClFN2OS. The number of carbonyl (C=O) groups is 1. The second kappa shape index (κ2) is 6.83. The van der Waals surface area contributed by atoms with Crippen molar-refractivity contribution in [3.63, 3.8) is 0 Å². The van der Waals surface area contributed by atoms with E-state index in [1.54, 1.807) is 19.1 Å². The van der Waals surface area contributed by atoms with E-state index in [-0.39, 0.29) is 16.8 Å². The summed E-state index contributed by atoms with van der Waals surface area (Å²) in [7, 11) is 0. The van der Waals surface area contributed by atoms with Gasteiger partial charge in [-0.2, -0.15) is 0 Å². The first kappa shape index (κ1) is 15.7. The molecule has 0 radical (unpaired) electrons. The van der Waals surface area contributed by atoms with Crippen LogP contribution in [0.15, 0.2) is 47.4 Å². The van der Waals surface area contributed by atoms with Crippen LogP contribution < -0.4 is 11.1 Å². The van der Waals surface area contributed by atoms with Gasteiger partial charge in [-0.15, -0.1) is 11.8 Å². The van der Waals surface area contributed by atoms with Crippen molar-refractivity contribution in [2.45, 2.75) is 17.1 Å². The molecule has 0 aliphatic carbocycles. The van der Waals surface area contributed by atoms with E-state index in [0.717, 1.165) is 4.90 Å². The summed E-state index contributed by atoms with van der Waals surface area (Å²) in [5.41, 5.74) is 6.06. The van der Waals surface area contributed by atoms with Crippen LogP contribution in [0.25, 0.3) is 0 Å². The predicted octanol–water partition coefficient (Wildman–Crippen LogP) is 4.18. The lowest BCUT2D eigenvalue weighted by Gasteiger charge is -2.13. The zero-order valence-corrected chi connectivity index (χ0v) is 12.8. The van der Waals surface area contributed by atoms with E-state index in [2.05, 4.69) is 5.32 Å². The molecule has 2 aromatic rings. The third-order valence-electron chi connectivity index (χ3n) is 2.74. The Morgan fingerprint density at radius 1 is 1.29 bits per heavy atom. The van der Waals surface area contributed by atoms with Gasteiger partial charge in [-0.3, -0.25) is 4.79 Å². The SMILES string of the molecule is CC(Sc1ccc(Cl)cc1)C(=O)Nc1cc(N)ccc1F. The summed E-state index contributed by atoms with van der Waals surface area (Å²) in [6.45, 7) is 1.75. The number of thioether (sulfide) groups is 1. The maximum absolute atomic E-state index is 13.6. The van der Waals surface area contributed by atoms with Crippen LogP contribution in [-0.2, 0) is 4.79 Å². The number of rotatable bonds is 4. The van der Waals surface area contributed by atoms with E-state index in [4.69, 9.17) is 17.3 Å². The zero-order valence-electron chi connectivity index (χ0n) is 11.3. The lowest BCUT2D eigenvalue weighted by molar-refractivity contribution is -0.115. The van der Waals surface area contributed by atoms with Gasteiger partial charge in [0.25, 0.3) is 0 Å². The van der Waals surface area contributed by atoms with Crippen LogP contribution in [-0.4, -0.2) is 11.2 Å².